The summed E-state index contributed by atoms with van der Waals surface area (Å²) in [7, 11) is 3.05. The van der Waals surface area contributed by atoms with Crippen molar-refractivity contribution in [2.45, 2.75) is 6.92 Å². The van der Waals surface area contributed by atoms with Gasteiger partial charge in [0, 0.05) is 6.07 Å². The van der Waals surface area contributed by atoms with E-state index in [0.717, 1.165) is 11.3 Å². The van der Waals surface area contributed by atoms with Crippen LogP contribution in [0.1, 0.15) is 15.2 Å². The van der Waals surface area contributed by atoms with Crippen molar-refractivity contribution < 1.29 is 19.4 Å². The molecule has 2 aromatic heterocycles. The summed E-state index contributed by atoms with van der Waals surface area (Å²) in [5, 5.41) is 13.5. The van der Waals surface area contributed by atoms with Crippen LogP contribution in [0.15, 0.2) is 18.5 Å². The summed E-state index contributed by atoms with van der Waals surface area (Å²) >= 11 is 7.30. The number of fused-ring (bicyclic) bond motifs is 1. The standard InChI is InChI=1S/C16H14ClN3O4S/c1-7-12-14(18-6-19-15(12)25-13(7)16(21)22)20-9-4-8(17)10(23-2)5-11(9)24-3/h4-6H,1-3H3,(H,21,22)(H,18,19,20). The summed E-state index contributed by atoms with van der Waals surface area (Å²) in [6, 6.07) is 3.32. The van der Waals surface area contributed by atoms with Gasteiger partial charge in [0.05, 0.1) is 30.3 Å². The lowest BCUT2D eigenvalue weighted by atomic mass is 10.2. The van der Waals surface area contributed by atoms with Crippen LogP contribution in [0.4, 0.5) is 11.5 Å². The molecule has 25 heavy (non-hydrogen) atoms. The van der Waals surface area contributed by atoms with Gasteiger partial charge in [-0.05, 0) is 18.6 Å². The molecule has 0 saturated carbocycles. The van der Waals surface area contributed by atoms with E-state index in [4.69, 9.17) is 21.1 Å². The van der Waals surface area contributed by atoms with Crippen LogP contribution in [0.5, 0.6) is 11.5 Å². The van der Waals surface area contributed by atoms with E-state index in [-0.39, 0.29) is 4.88 Å². The molecule has 0 aliphatic rings. The summed E-state index contributed by atoms with van der Waals surface area (Å²) in [5.41, 5.74) is 1.19. The molecule has 0 aliphatic heterocycles. The summed E-state index contributed by atoms with van der Waals surface area (Å²) in [4.78, 5) is 20.6. The number of nitrogens with one attached hydrogen (secondary N) is 1. The number of aromatic carboxylic acids is 1. The van der Waals surface area contributed by atoms with Crippen molar-refractivity contribution in [3.8, 4) is 11.5 Å². The number of ether oxygens (including phenoxy) is 2. The summed E-state index contributed by atoms with van der Waals surface area (Å²) in [5.74, 6) is 0.485. The number of benzene rings is 1. The number of nitrogens with zero attached hydrogens (tertiary/aromatic N) is 2. The van der Waals surface area contributed by atoms with E-state index in [1.54, 1.807) is 19.1 Å². The Balaban J connectivity index is 2.13. The number of carbonyl (C=O) groups is 1. The van der Waals surface area contributed by atoms with E-state index >= 15 is 0 Å². The molecule has 0 radical (unpaired) electrons. The highest BCUT2D eigenvalue weighted by atomic mass is 35.5. The minimum atomic E-state index is -0.989. The van der Waals surface area contributed by atoms with Crippen LogP contribution in [0, 0.1) is 6.92 Å². The zero-order valence-electron chi connectivity index (χ0n) is 13.6. The van der Waals surface area contributed by atoms with Gasteiger partial charge in [-0.3, -0.25) is 0 Å². The normalized spacial score (nSPS) is 10.7. The number of carboxylic acids is 1. The SMILES string of the molecule is COc1cc(OC)c(Nc2ncnc3sc(C(=O)O)c(C)c23)cc1Cl. The zero-order valence-corrected chi connectivity index (χ0v) is 15.2. The lowest BCUT2D eigenvalue weighted by Crippen LogP contribution is -2.00. The van der Waals surface area contributed by atoms with Crippen LogP contribution in [-0.4, -0.2) is 35.3 Å². The number of anilines is 2. The van der Waals surface area contributed by atoms with Gasteiger partial charge in [-0.15, -0.1) is 11.3 Å². The molecule has 0 bridgehead atoms. The molecule has 3 aromatic rings. The number of thiophene rings is 1. The summed E-state index contributed by atoms with van der Waals surface area (Å²) < 4.78 is 10.5. The van der Waals surface area contributed by atoms with Crippen molar-refractivity contribution in [1.82, 2.24) is 9.97 Å². The van der Waals surface area contributed by atoms with Gasteiger partial charge in [0.15, 0.2) is 0 Å². The number of methoxy groups -OCH3 is 2. The fourth-order valence-corrected chi connectivity index (χ4v) is 3.68. The van der Waals surface area contributed by atoms with E-state index in [1.807, 2.05) is 0 Å². The molecule has 130 valence electrons. The third kappa shape index (κ3) is 3.06. The molecule has 2 N–H and O–H groups in total. The maximum atomic E-state index is 11.4. The Bertz CT molecular complexity index is 974. The fourth-order valence-electron chi connectivity index (χ4n) is 2.46. The first-order valence-electron chi connectivity index (χ1n) is 7.12. The Labute approximate surface area is 152 Å². The van der Waals surface area contributed by atoms with Crippen molar-refractivity contribution in [3.05, 3.63) is 33.9 Å². The van der Waals surface area contributed by atoms with Crippen molar-refractivity contribution in [3.63, 3.8) is 0 Å². The molecule has 0 unspecified atom stereocenters. The molecule has 0 atom stereocenters. The van der Waals surface area contributed by atoms with Crippen molar-refractivity contribution in [1.29, 1.82) is 0 Å². The zero-order chi connectivity index (χ0) is 18.1. The third-order valence-electron chi connectivity index (χ3n) is 3.65. The fraction of sp³-hybridized carbons (Fsp3) is 0.188. The van der Waals surface area contributed by atoms with Gasteiger partial charge in [0.2, 0.25) is 0 Å². The smallest absolute Gasteiger partial charge is 0.346 e. The van der Waals surface area contributed by atoms with Crippen LogP contribution in [0.3, 0.4) is 0 Å². The number of rotatable bonds is 5. The van der Waals surface area contributed by atoms with Crippen LogP contribution >= 0.6 is 22.9 Å². The summed E-state index contributed by atoms with van der Waals surface area (Å²) in [6.07, 6.45) is 1.38. The first-order valence-corrected chi connectivity index (χ1v) is 8.31. The lowest BCUT2D eigenvalue weighted by Gasteiger charge is -2.14. The minimum Gasteiger partial charge on any atom is -0.495 e. The molecule has 0 spiro atoms. The maximum Gasteiger partial charge on any atom is 0.346 e. The van der Waals surface area contributed by atoms with Crippen LogP contribution in [0.25, 0.3) is 10.2 Å². The molecule has 0 aliphatic carbocycles. The Morgan fingerprint density at radius 3 is 2.60 bits per heavy atom. The van der Waals surface area contributed by atoms with E-state index in [1.165, 1.54) is 20.5 Å². The number of halogens is 1. The van der Waals surface area contributed by atoms with E-state index < -0.39 is 5.97 Å². The van der Waals surface area contributed by atoms with Gasteiger partial charge in [-0.1, -0.05) is 11.6 Å². The summed E-state index contributed by atoms with van der Waals surface area (Å²) in [6.45, 7) is 1.73. The molecular formula is C16H14ClN3O4S. The van der Waals surface area contributed by atoms with Gasteiger partial charge < -0.3 is 19.9 Å². The maximum absolute atomic E-state index is 11.4. The lowest BCUT2D eigenvalue weighted by molar-refractivity contribution is 0.0701. The number of hydrogen-bond donors (Lipinski definition) is 2. The quantitative estimate of drug-likeness (QED) is 0.688. The second kappa shape index (κ2) is 6.73. The highest BCUT2D eigenvalue weighted by molar-refractivity contribution is 7.20. The molecule has 1 aromatic carbocycles. The Kier molecular flexibility index (Phi) is 4.65. The second-order valence-corrected chi connectivity index (χ2v) is 6.48. The second-order valence-electron chi connectivity index (χ2n) is 5.08. The van der Waals surface area contributed by atoms with Gasteiger partial charge >= 0.3 is 5.97 Å². The Morgan fingerprint density at radius 1 is 1.24 bits per heavy atom. The Hall–Kier alpha value is -2.58. The molecule has 7 nitrogen and oxygen atoms in total. The van der Waals surface area contributed by atoms with Crippen molar-refractivity contribution in [2.24, 2.45) is 0 Å². The van der Waals surface area contributed by atoms with Gasteiger partial charge in [-0.2, -0.15) is 0 Å². The van der Waals surface area contributed by atoms with Gasteiger partial charge in [-0.25, -0.2) is 14.8 Å². The predicted octanol–water partition coefficient (Wildman–Crippen LogP) is 4.11. The van der Waals surface area contributed by atoms with Gasteiger partial charge in [0.25, 0.3) is 0 Å². The Morgan fingerprint density at radius 2 is 1.96 bits per heavy atom. The van der Waals surface area contributed by atoms with E-state index in [0.29, 0.717) is 43.8 Å². The van der Waals surface area contributed by atoms with E-state index in [9.17, 15) is 9.90 Å². The van der Waals surface area contributed by atoms with Crippen LogP contribution in [-0.2, 0) is 0 Å². The minimum absolute atomic E-state index is 0.235. The largest absolute Gasteiger partial charge is 0.495 e. The van der Waals surface area contributed by atoms with Crippen LogP contribution < -0.4 is 14.8 Å². The molecule has 0 fully saturated rings. The van der Waals surface area contributed by atoms with Crippen LogP contribution in [0.2, 0.25) is 5.02 Å². The first kappa shape index (κ1) is 17.2. The highest BCUT2D eigenvalue weighted by Gasteiger charge is 2.19. The molecule has 2 heterocycles. The molecular weight excluding hydrogens is 366 g/mol. The number of hydrogen-bond acceptors (Lipinski definition) is 7. The number of carboxylic acid groups (broad SMARTS) is 1. The first-order chi connectivity index (χ1) is 12.0. The topological polar surface area (TPSA) is 93.6 Å². The monoisotopic (exact) mass is 379 g/mol. The van der Waals surface area contributed by atoms with Crippen molar-refractivity contribution in [2.75, 3.05) is 19.5 Å². The average Bonchev–Trinajstić information content (AvgIpc) is 2.93. The number of aromatic nitrogens is 2. The molecule has 0 amide bonds. The molecule has 0 saturated heterocycles. The molecule has 9 heteroatoms. The predicted molar refractivity (Wildman–Crippen MR) is 97.0 cm³/mol. The third-order valence-corrected chi connectivity index (χ3v) is 5.13. The highest BCUT2D eigenvalue weighted by Crippen LogP contribution is 2.39. The number of aryl methyl sites for hydroxylation is 1. The molecule has 3 rings (SSSR count). The van der Waals surface area contributed by atoms with Crippen molar-refractivity contribution >= 4 is 50.6 Å². The average molecular weight is 380 g/mol. The van der Waals surface area contributed by atoms with Gasteiger partial charge in [0.1, 0.15) is 33.4 Å². The van der Waals surface area contributed by atoms with E-state index in [2.05, 4.69) is 15.3 Å².